The summed E-state index contributed by atoms with van der Waals surface area (Å²) in [4.78, 5) is 16.0. The number of carboxylic acids is 1. The Morgan fingerprint density at radius 3 is 2.90 bits per heavy atom. The molecule has 1 fully saturated rings. The summed E-state index contributed by atoms with van der Waals surface area (Å²) in [6.45, 7) is 0.544. The second kappa shape index (κ2) is 4.44. The van der Waals surface area contributed by atoms with Gasteiger partial charge >= 0.3 is 5.97 Å². The van der Waals surface area contributed by atoms with E-state index >= 15 is 0 Å². The second-order valence-electron chi connectivity index (χ2n) is 5.30. The lowest BCUT2D eigenvalue weighted by Gasteiger charge is -2.06. The summed E-state index contributed by atoms with van der Waals surface area (Å²) in [6.07, 6.45) is 3.74. The number of fused-ring (bicyclic) bond motifs is 1. The van der Waals surface area contributed by atoms with Crippen LogP contribution < -0.4 is 0 Å². The van der Waals surface area contributed by atoms with E-state index in [4.69, 9.17) is 4.52 Å². The van der Waals surface area contributed by atoms with Gasteiger partial charge in [0.2, 0.25) is 0 Å². The topological polar surface area (TPSA) is 81.1 Å². The zero-order valence-electron chi connectivity index (χ0n) is 11.2. The van der Waals surface area contributed by atoms with Crippen LogP contribution in [0.4, 0.5) is 0 Å². The van der Waals surface area contributed by atoms with Crippen molar-refractivity contribution in [1.29, 1.82) is 0 Å². The van der Waals surface area contributed by atoms with E-state index in [1.165, 1.54) is 6.26 Å². The zero-order valence-corrected chi connectivity index (χ0v) is 11.2. The maximum absolute atomic E-state index is 11.4. The fourth-order valence-electron chi connectivity index (χ4n) is 2.64. The van der Waals surface area contributed by atoms with E-state index in [-0.39, 0.29) is 5.56 Å². The highest BCUT2D eigenvalue weighted by Gasteiger charge is 2.30. The summed E-state index contributed by atoms with van der Waals surface area (Å²) in [6, 6.07) is 7.06. The molecule has 1 N–H and O–H groups in total. The molecule has 106 valence electrons. The Labute approximate surface area is 120 Å². The van der Waals surface area contributed by atoms with Gasteiger partial charge in [-0.05, 0) is 25.0 Å². The molecule has 1 saturated carbocycles. The zero-order chi connectivity index (χ0) is 14.4. The van der Waals surface area contributed by atoms with Crippen molar-refractivity contribution in [3.63, 3.8) is 0 Å². The largest absolute Gasteiger partial charge is 0.478 e. The van der Waals surface area contributed by atoms with Gasteiger partial charge in [-0.3, -0.25) is 0 Å². The number of carboxylic acid groups (broad SMARTS) is 1. The predicted molar refractivity (Wildman–Crippen MR) is 74.3 cm³/mol. The molecule has 0 unspecified atom stereocenters. The highest BCUT2D eigenvalue weighted by Crippen LogP contribution is 2.41. The Kier molecular flexibility index (Phi) is 2.57. The lowest BCUT2D eigenvalue weighted by atomic mass is 10.2. The van der Waals surface area contributed by atoms with Gasteiger partial charge in [0, 0.05) is 12.0 Å². The number of aromatic carboxylic acids is 1. The van der Waals surface area contributed by atoms with Crippen molar-refractivity contribution in [2.75, 3.05) is 0 Å². The number of nitrogens with zero attached hydrogens (tertiary/aromatic N) is 3. The van der Waals surface area contributed by atoms with Gasteiger partial charge in [0.15, 0.2) is 0 Å². The van der Waals surface area contributed by atoms with Gasteiger partial charge in [0.05, 0.1) is 17.6 Å². The van der Waals surface area contributed by atoms with Crippen LogP contribution in [-0.2, 0) is 6.54 Å². The Balaban J connectivity index is 1.92. The summed E-state index contributed by atoms with van der Waals surface area (Å²) >= 11 is 0. The van der Waals surface area contributed by atoms with E-state index in [2.05, 4.69) is 14.7 Å². The van der Waals surface area contributed by atoms with Gasteiger partial charge in [-0.15, -0.1) is 0 Å². The smallest absolute Gasteiger partial charge is 0.337 e. The lowest BCUT2D eigenvalue weighted by molar-refractivity contribution is 0.0699. The Hall–Kier alpha value is -2.63. The van der Waals surface area contributed by atoms with E-state index in [0.717, 1.165) is 29.9 Å². The van der Waals surface area contributed by atoms with Crippen LogP contribution in [0.2, 0.25) is 0 Å². The second-order valence-corrected chi connectivity index (χ2v) is 5.30. The highest BCUT2D eigenvalue weighted by molar-refractivity contribution is 6.01. The van der Waals surface area contributed by atoms with E-state index in [0.29, 0.717) is 18.0 Å². The van der Waals surface area contributed by atoms with E-state index in [9.17, 15) is 9.90 Å². The highest BCUT2D eigenvalue weighted by atomic mass is 16.5. The van der Waals surface area contributed by atoms with Gasteiger partial charge < -0.3 is 14.2 Å². The standard InChI is InChI=1S/C15H13N3O3/c19-15(20)11-2-1-3-12-13(11)16-14(9-4-5-9)18(12)8-10-6-7-21-17-10/h1-3,6-7,9H,4-5,8H2,(H,19,20). The van der Waals surface area contributed by atoms with Crippen LogP contribution in [0.15, 0.2) is 35.1 Å². The molecule has 0 saturated heterocycles. The Morgan fingerprint density at radius 1 is 1.38 bits per heavy atom. The molecule has 0 bridgehead atoms. The normalized spacial score (nSPS) is 14.7. The maximum Gasteiger partial charge on any atom is 0.337 e. The summed E-state index contributed by atoms with van der Waals surface area (Å²) in [5.41, 5.74) is 2.43. The number of hydrogen-bond donors (Lipinski definition) is 1. The molecule has 2 heterocycles. The summed E-state index contributed by atoms with van der Waals surface area (Å²) < 4.78 is 6.93. The van der Waals surface area contributed by atoms with Crippen molar-refractivity contribution in [1.82, 2.24) is 14.7 Å². The average molecular weight is 283 g/mol. The summed E-state index contributed by atoms with van der Waals surface area (Å²) in [7, 11) is 0. The molecule has 0 atom stereocenters. The first-order valence-corrected chi connectivity index (χ1v) is 6.86. The fourth-order valence-corrected chi connectivity index (χ4v) is 2.64. The average Bonchev–Trinajstić information content (AvgIpc) is 3.07. The molecule has 0 radical (unpaired) electrons. The first-order valence-electron chi connectivity index (χ1n) is 6.86. The minimum atomic E-state index is -0.950. The van der Waals surface area contributed by atoms with Crippen molar-refractivity contribution >= 4 is 17.0 Å². The third kappa shape index (κ3) is 1.99. The Bertz CT molecular complexity index is 816. The van der Waals surface area contributed by atoms with Gasteiger partial charge in [0.25, 0.3) is 0 Å². The van der Waals surface area contributed by atoms with Gasteiger partial charge in [-0.25, -0.2) is 9.78 Å². The summed E-state index contributed by atoms with van der Waals surface area (Å²) in [5.74, 6) is 0.418. The number of carbonyl (C=O) groups is 1. The van der Waals surface area contributed by atoms with Crippen molar-refractivity contribution in [2.45, 2.75) is 25.3 Å². The molecule has 2 aromatic heterocycles. The first-order chi connectivity index (χ1) is 10.2. The quantitative estimate of drug-likeness (QED) is 0.796. The van der Waals surface area contributed by atoms with Crippen molar-refractivity contribution in [2.24, 2.45) is 0 Å². The molecule has 4 rings (SSSR count). The number of para-hydroxylation sites is 1. The van der Waals surface area contributed by atoms with Crippen molar-refractivity contribution in [3.8, 4) is 0 Å². The molecule has 6 nitrogen and oxygen atoms in total. The minimum absolute atomic E-state index is 0.244. The predicted octanol–water partition coefficient (Wildman–Crippen LogP) is 2.65. The van der Waals surface area contributed by atoms with Crippen LogP contribution in [-0.4, -0.2) is 25.8 Å². The van der Waals surface area contributed by atoms with Crippen LogP contribution in [0.5, 0.6) is 0 Å². The number of imidazole rings is 1. The SMILES string of the molecule is O=C(O)c1cccc2c1nc(C1CC1)n2Cc1ccon1. The molecule has 3 aromatic rings. The molecule has 21 heavy (non-hydrogen) atoms. The number of benzene rings is 1. The molecule has 0 spiro atoms. The third-order valence-electron chi connectivity index (χ3n) is 3.79. The molecule has 1 aliphatic rings. The van der Waals surface area contributed by atoms with Crippen LogP contribution >= 0.6 is 0 Å². The number of rotatable bonds is 4. The van der Waals surface area contributed by atoms with Gasteiger partial charge in [-0.2, -0.15) is 0 Å². The fraction of sp³-hybridized carbons (Fsp3) is 0.267. The van der Waals surface area contributed by atoms with E-state index in [1.807, 2.05) is 12.1 Å². The van der Waals surface area contributed by atoms with Crippen LogP contribution in [0.25, 0.3) is 11.0 Å². The lowest BCUT2D eigenvalue weighted by Crippen LogP contribution is -2.04. The molecule has 0 aliphatic heterocycles. The molecule has 1 aliphatic carbocycles. The van der Waals surface area contributed by atoms with Crippen LogP contribution in [0.1, 0.15) is 40.6 Å². The number of aromatic nitrogens is 3. The van der Waals surface area contributed by atoms with Crippen molar-refractivity contribution < 1.29 is 14.4 Å². The van der Waals surface area contributed by atoms with Crippen molar-refractivity contribution in [3.05, 3.63) is 47.6 Å². The molecule has 0 amide bonds. The Morgan fingerprint density at radius 2 is 2.24 bits per heavy atom. The molecule has 1 aromatic carbocycles. The summed E-state index contributed by atoms with van der Waals surface area (Å²) in [5, 5.41) is 13.3. The van der Waals surface area contributed by atoms with E-state index in [1.54, 1.807) is 12.1 Å². The van der Waals surface area contributed by atoms with Gasteiger partial charge in [-0.1, -0.05) is 11.2 Å². The maximum atomic E-state index is 11.4. The monoisotopic (exact) mass is 283 g/mol. The minimum Gasteiger partial charge on any atom is -0.478 e. The molecular weight excluding hydrogens is 270 g/mol. The molecular formula is C15H13N3O3. The first kappa shape index (κ1) is 12.1. The van der Waals surface area contributed by atoms with Crippen LogP contribution in [0, 0.1) is 0 Å². The number of hydrogen-bond acceptors (Lipinski definition) is 4. The molecule has 6 heteroatoms. The third-order valence-corrected chi connectivity index (χ3v) is 3.79. The van der Waals surface area contributed by atoms with Crippen LogP contribution in [0.3, 0.4) is 0 Å². The van der Waals surface area contributed by atoms with Gasteiger partial charge in [0.1, 0.15) is 23.3 Å². The van der Waals surface area contributed by atoms with E-state index < -0.39 is 5.97 Å².